The van der Waals surface area contributed by atoms with E-state index in [0.717, 1.165) is 17.0 Å². The van der Waals surface area contributed by atoms with Crippen LogP contribution in [0.1, 0.15) is 24.1 Å². The number of amides is 1. The van der Waals surface area contributed by atoms with Crippen molar-refractivity contribution in [2.24, 2.45) is 7.05 Å². The number of hydrogen-bond acceptors (Lipinski definition) is 3. The van der Waals surface area contributed by atoms with Crippen molar-refractivity contribution in [3.63, 3.8) is 0 Å². The third-order valence-electron chi connectivity index (χ3n) is 3.21. The number of hydrogen-bond donors (Lipinski definition) is 1. The van der Waals surface area contributed by atoms with Crippen LogP contribution >= 0.6 is 11.6 Å². The summed E-state index contributed by atoms with van der Waals surface area (Å²) in [7, 11) is 1.80. The van der Waals surface area contributed by atoms with E-state index < -0.39 is 0 Å². The van der Waals surface area contributed by atoms with Crippen molar-refractivity contribution in [1.82, 2.24) is 9.78 Å². The zero-order valence-electron chi connectivity index (χ0n) is 13.0. The first kappa shape index (κ1) is 16.4. The lowest BCUT2D eigenvalue weighted by atomic mass is 10.2. The van der Waals surface area contributed by atoms with Gasteiger partial charge in [0, 0.05) is 24.6 Å². The lowest BCUT2D eigenvalue weighted by Crippen LogP contribution is -2.15. The number of aryl methyl sites for hydroxylation is 3. The van der Waals surface area contributed by atoms with Crippen LogP contribution in [0.4, 0.5) is 5.82 Å². The maximum absolute atomic E-state index is 11.9. The minimum atomic E-state index is -0.0422. The van der Waals surface area contributed by atoms with E-state index in [1.54, 1.807) is 17.8 Å². The van der Waals surface area contributed by atoms with Gasteiger partial charge in [-0.2, -0.15) is 5.10 Å². The van der Waals surface area contributed by atoms with Crippen molar-refractivity contribution in [1.29, 1.82) is 0 Å². The van der Waals surface area contributed by atoms with Gasteiger partial charge in [-0.1, -0.05) is 11.6 Å². The van der Waals surface area contributed by atoms with E-state index in [-0.39, 0.29) is 5.91 Å². The van der Waals surface area contributed by atoms with E-state index in [9.17, 15) is 4.79 Å². The van der Waals surface area contributed by atoms with Crippen LogP contribution in [-0.4, -0.2) is 22.3 Å². The van der Waals surface area contributed by atoms with E-state index in [2.05, 4.69) is 10.4 Å². The molecule has 1 amide bonds. The SMILES string of the molecule is Cc1cc(NC(=O)CCCOc2ccc(Cl)cc2C)n(C)n1. The zero-order valence-corrected chi connectivity index (χ0v) is 13.8. The average Bonchev–Trinajstić information content (AvgIpc) is 2.75. The Hall–Kier alpha value is -2.01. The first-order chi connectivity index (χ1) is 10.5. The van der Waals surface area contributed by atoms with Crippen molar-refractivity contribution in [3.8, 4) is 5.75 Å². The number of ether oxygens (including phenoxy) is 1. The fourth-order valence-corrected chi connectivity index (χ4v) is 2.35. The van der Waals surface area contributed by atoms with Gasteiger partial charge in [0.15, 0.2) is 0 Å². The molecule has 1 N–H and O–H groups in total. The molecule has 0 saturated heterocycles. The van der Waals surface area contributed by atoms with Gasteiger partial charge in [-0.3, -0.25) is 9.48 Å². The molecule has 6 heteroatoms. The van der Waals surface area contributed by atoms with Crippen molar-refractivity contribution in [2.45, 2.75) is 26.7 Å². The smallest absolute Gasteiger partial charge is 0.225 e. The largest absolute Gasteiger partial charge is 0.493 e. The van der Waals surface area contributed by atoms with E-state index in [0.29, 0.717) is 30.3 Å². The summed E-state index contributed by atoms with van der Waals surface area (Å²) in [5, 5.41) is 7.71. The zero-order chi connectivity index (χ0) is 16.1. The highest BCUT2D eigenvalue weighted by atomic mass is 35.5. The Morgan fingerprint density at radius 2 is 2.14 bits per heavy atom. The Labute approximate surface area is 135 Å². The molecule has 0 bridgehead atoms. The van der Waals surface area contributed by atoms with Crippen molar-refractivity contribution in [3.05, 3.63) is 40.5 Å². The summed E-state index contributed by atoms with van der Waals surface area (Å²) in [5.41, 5.74) is 1.86. The minimum absolute atomic E-state index is 0.0422. The molecule has 1 aromatic heterocycles. The highest BCUT2D eigenvalue weighted by Crippen LogP contribution is 2.22. The topological polar surface area (TPSA) is 56.1 Å². The summed E-state index contributed by atoms with van der Waals surface area (Å²) in [6, 6.07) is 7.33. The van der Waals surface area contributed by atoms with Gasteiger partial charge in [-0.05, 0) is 44.0 Å². The molecular formula is C16H20ClN3O2. The molecule has 2 rings (SSSR count). The van der Waals surface area contributed by atoms with Crippen LogP contribution in [0.2, 0.25) is 5.02 Å². The maximum Gasteiger partial charge on any atom is 0.225 e. The number of carbonyl (C=O) groups excluding carboxylic acids is 1. The molecule has 0 aliphatic heterocycles. The Morgan fingerprint density at radius 1 is 1.36 bits per heavy atom. The molecule has 0 aliphatic carbocycles. The lowest BCUT2D eigenvalue weighted by Gasteiger charge is -2.09. The summed E-state index contributed by atoms with van der Waals surface area (Å²) >= 11 is 5.90. The standard InChI is InChI=1S/C16H20ClN3O2/c1-11-9-13(17)6-7-14(11)22-8-4-5-16(21)18-15-10-12(2)19-20(15)3/h6-7,9-10H,4-5,8H2,1-3H3,(H,18,21). The molecule has 0 spiro atoms. The number of rotatable bonds is 6. The van der Waals surface area contributed by atoms with Gasteiger partial charge in [0.05, 0.1) is 12.3 Å². The van der Waals surface area contributed by atoms with Gasteiger partial charge in [-0.15, -0.1) is 0 Å². The summed E-state index contributed by atoms with van der Waals surface area (Å²) in [6.07, 6.45) is 1.04. The van der Waals surface area contributed by atoms with E-state index in [1.165, 1.54) is 0 Å². The van der Waals surface area contributed by atoms with Crippen LogP contribution in [0.25, 0.3) is 0 Å². The number of benzene rings is 1. The van der Waals surface area contributed by atoms with Gasteiger partial charge in [0.2, 0.25) is 5.91 Å². The Morgan fingerprint density at radius 3 is 2.77 bits per heavy atom. The molecule has 118 valence electrons. The van der Waals surface area contributed by atoms with Crippen LogP contribution in [0.15, 0.2) is 24.3 Å². The molecule has 2 aromatic rings. The number of carbonyl (C=O) groups is 1. The third-order valence-corrected chi connectivity index (χ3v) is 3.45. The first-order valence-electron chi connectivity index (χ1n) is 7.15. The molecule has 0 radical (unpaired) electrons. The Bertz CT molecular complexity index is 667. The molecule has 0 saturated carbocycles. The van der Waals surface area contributed by atoms with Gasteiger partial charge < -0.3 is 10.1 Å². The number of nitrogens with one attached hydrogen (secondary N) is 1. The van der Waals surface area contributed by atoms with E-state index in [1.807, 2.05) is 32.0 Å². The fourth-order valence-electron chi connectivity index (χ4n) is 2.12. The van der Waals surface area contributed by atoms with Crippen molar-refractivity contribution in [2.75, 3.05) is 11.9 Å². The van der Waals surface area contributed by atoms with Crippen LogP contribution in [0.5, 0.6) is 5.75 Å². The van der Waals surface area contributed by atoms with Crippen LogP contribution < -0.4 is 10.1 Å². The molecule has 0 fully saturated rings. The molecule has 5 nitrogen and oxygen atoms in total. The molecule has 22 heavy (non-hydrogen) atoms. The van der Waals surface area contributed by atoms with Gasteiger partial charge in [0.25, 0.3) is 0 Å². The molecule has 1 aromatic carbocycles. The number of halogens is 1. The third kappa shape index (κ3) is 4.49. The molecular weight excluding hydrogens is 302 g/mol. The number of anilines is 1. The summed E-state index contributed by atoms with van der Waals surface area (Å²) in [6.45, 7) is 4.32. The van der Waals surface area contributed by atoms with Gasteiger partial charge in [-0.25, -0.2) is 0 Å². The van der Waals surface area contributed by atoms with Crippen molar-refractivity contribution < 1.29 is 9.53 Å². The summed E-state index contributed by atoms with van der Waals surface area (Å²) < 4.78 is 7.32. The second-order valence-electron chi connectivity index (χ2n) is 5.20. The predicted molar refractivity (Wildman–Crippen MR) is 87.5 cm³/mol. The average molecular weight is 322 g/mol. The normalized spacial score (nSPS) is 10.5. The van der Waals surface area contributed by atoms with Gasteiger partial charge >= 0.3 is 0 Å². The predicted octanol–water partition coefficient (Wildman–Crippen LogP) is 3.49. The summed E-state index contributed by atoms with van der Waals surface area (Å²) in [4.78, 5) is 11.9. The van der Waals surface area contributed by atoms with Crippen LogP contribution in [0, 0.1) is 13.8 Å². The van der Waals surface area contributed by atoms with Gasteiger partial charge in [0.1, 0.15) is 11.6 Å². The quantitative estimate of drug-likeness (QED) is 0.829. The first-order valence-corrected chi connectivity index (χ1v) is 7.53. The number of aromatic nitrogens is 2. The second-order valence-corrected chi connectivity index (χ2v) is 5.64. The van der Waals surface area contributed by atoms with E-state index in [4.69, 9.17) is 16.3 Å². The highest BCUT2D eigenvalue weighted by Gasteiger charge is 2.07. The minimum Gasteiger partial charge on any atom is -0.493 e. The maximum atomic E-state index is 11.9. The summed E-state index contributed by atoms with van der Waals surface area (Å²) in [5.74, 6) is 1.46. The molecule has 0 aliphatic rings. The molecule has 0 unspecified atom stereocenters. The fraction of sp³-hybridized carbons (Fsp3) is 0.375. The Balaban J connectivity index is 1.74. The lowest BCUT2D eigenvalue weighted by molar-refractivity contribution is -0.116. The highest BCUT2D eigenvalue weighted by molar-refractivity contribution is 6.30. The number of nitrogens with zero attached hydrogens (tertiary/aromatic N) is 2. The second kappa shape index (κ2) is 7.31. The monoisotopic (exact) mass is 321 g/mol. The Kier molecular flexibility index (Phi) is 5.44. The van der Waals surface area contributed by atoms with Crippen LogP contribution in [-0.2, 0) is 11.8 Å². The molecule has 0 atom stereocenters. The van der Waals surface area contributed by atoms with Crippen LogP contribution in [0.3, 0.4) is 0 Å². The van der Waals surface area contributed by atoms with E-state index >= 15 is 0 Å². The molecule has 1 heterocycles. The van der Waals surface area contributed by atoms with Crippen molar-refractivity contribution >= 4 is 23.3 Å².